The Morgan fingerprint density at radius 1 is 1.36 bits per heavy atom. The first-order valence-electron chi connectivity index (χ1n) is 6.67. The highest BCUT2D eigenvalue weighted by Crippen LogP contribution is 2.37. The van der Waals surface area contributed by atoms with Gasteiger partial charge in [0.05, 0.1) is 43.0 Å². The summed E-state index contributed by atoms with van der Waals surface area (Å²) >= 11 is 0. The lowest BCUT2D eigenvalue weighted by Gasteiger charge is -2.14. The Morgan fingerprint density at radius 3 is 2.55 bits per heavy atom. The standard InChI is InChI=1S/C14H19NO7/c1-9(16)11-7-13(20-3)14(8-12(11)15(18)19)22-6-4-5-21-10(2)17/h7-9,16H,4-6H2,1-3H3. The van der Waals surface area contributed by atoms with Crippen molar-refractivity contribution in [3.8, 4) is 11.5 Å². The molecule has 0 aliphatic rings. The number of methoxy groups -OCH3 is 1. The molecule has 0 fully saturated rings. The summed E-state index contributed by atoms with van der Waals surface area (Å²) in [5.41, 5.74) is -0.0973. The number of esters is 1. The molecule has 0 spiro atoms. The number of nitrogens with zero attached hydrogens (tertiary/aromatic N) is 1. The van der Waals surface area contributed by atoms with Crippen LogP contribution in [0.25, 0.3) is 0 Å². The van der Waals surface area contributed by atoms with Gasteiger partial charge < -0.3 is 19.3 Å². The Balaban J connectivity index is 2.87. The van der Waals surface area contributed by atoms with Crippen molar-refractivity contribution < 1.29 is 29.0 Å². The van der Waals surface area contributed by atoms with Gasteiger partial charge in [-0.2, -0.15) is 0 Å². The molecule has 0 aliphatic carbocycles. The number of hydrogen-bond donors (Lipinski definition) is 1. The number of ether oxygens (including phenoxy) is 3. The number of carbonyl (C=O) groups excluding carboxylic acids is 1. The molecule has 8 heteroatoms. The van der Waals surface area contributed by atoms with Gasteiger partial charge in [0.15, 0.2) is 11.5 Å². The minimum atomic E-state index is -1.01. The second kappa shape index (κ2) is 8.18. The third kappa shape index (κ3) is 4.88. The van der Waals surface area contributed by atoms with Crippen LogP contribution >= 0.6 is 0 Å². The quantitative estimate of drug-likeness (QED) is 0.338. The van der Waals surface area contributed by atoms with Crippen LogP contribution in [0.3, 0.4) is 0 Å². The predicted molar refractivity (Wildman–Crippen MR) is 77.0 cm³/mol. The third-order valence-corrected chi connectivity index (χ3v) is 2.81. The summed E-state index contributed by atoms with van der Waals surface area (Å²) in [5, 5.41) is 20.7. The van der Waals surface area contributed by atoms with Crippen LogP contribution in [0.15, 0.2) is 12.1 Å². The molecule has 122 valence electrons. The van der Waals surface area contributed by atoms with E-state index in [0.717, 1.165) is 0 Å². The molecule has 0 bridgehead atoms. The van der Waals surface area contributed by atoms with Crippen molar-refractivity contribution in [1.82, 2.24) is 0 Å². The number of aliphatic hydroxyl groups is 1. The highest BCUT2D eigenvalue weighted by atomic mass is 16.6. The molecule has 0 aliphatic heterocycles. The van der Waals surface area contributed by atoms with E-state index < -0.39 is 11.0 Å². The number of hydrogen-bond acceptors (Lipinski definition) is 7. The zero-order valence-corrected chi connectivity index (χ0v) is 12.7. The average Bonchev–Trinajstić information content (AvgIpc) is 2.45. The number of nitro benzene ring substituents is 1. The van der Waals surface area contributed by atoms with Crippen molar-refractivity contribution in [1.29, 1.82) is 0 Å². The van der Waals surface area contributed by atoms with Gasteiger partial charge in [-0.3, -0.25) is 14.9 Å². The van der Waals surface area contributed by atoms with Gasteiger partial charge in [0, 0.05) is 13.3 Å². The predicted octanol–water partition coefficient (Wildman–Crippen LogP) is 1.99. The van der Waals surface area contributed by atoms with E-state index in [0.29, 0.717) is 6.42 Å². The molecular weight excluding hydrogens is 294 g/mol. The Morgan fingerprint density at radius 2 is 2.05 bits per heavy atom. The molecule has 1 rings (SSSR count). The van der Waals surface area contributed by atoms with Crippen molar-refractivity contribution >= 4 is 11.7 Å². The zero-order valence-electron chi connectivity index (χ0n) is 12.7. The van der Waals surface area contributed by atoms with Gasteiger partial charge in [-0.15, -0.1) is 0 Å². The minimum Gasteiger partial charge on any atom is -0.493 e. The molecular formula is C14H19NO7. The Bertz CT molecular complexity index is 542. The smallest absolute Gasteiger partial charge is 0.302 e. The van der Waals surface area contributed by atoms with Crippen molar-refractivity contribution in [2.75, 3.05) is 20.3 Å². The largest absolute Gasteiger partial charge is 0.493 e. The van der Waals surface area contributed by atoms with Crippen molar-refractivity contribution in [2.24, 2.45) is 0 Å². The SMILES string of the molecule is COc1cc(C(C)O)c([N+](=O)[O-])cc1OCCCOC(C)=O. The van der Waals surface area contributed by atoms with Crippen LogP contribution in [0.1, 0.15) is 31.9 Å². The Hall–Kier alpha value is -2.35. The second-order valence-corrected chi connectivity index (χ2v) is 4.54. The molecule has 0 heterocycles. The number of aliphatic hydroxyl groups excluding tert-OH is 1. The van der Waals surface area contributed by atoms with E-state index in [4.69, 9.17) is 14.2 Å². The van der Waals surface area contributed by atoms with Crippen LogP contribution < -0.4 is 9.47 Å². The van der Waals surface area contributed by atoms with E-state index >= 15 is 0 Å². The fourth-order valence-corrected chi connectivity index (χ4v) is 1.79. The van der Waals surface area contributed by atoms with E-state index in [1.807, 2.05) is 0 Å². The first-order valence-corrected chi connectivity index (χ1v) is 6.67. The van der Waals surface area contributed by atoms with E-state index in [1.165, 1.54) is 33.1 Å². The molecule has 1 aromatic rings. The molecule has 0 radical (unpaired) electrons. The molecule has 1 atom stereocenters. The average molecular weight is 313 g/mol. The summed E-state index contributed by atoms with van der Waals surface area (Å²) in [6.07, 6.45) is -0.568. The van der Waals surface area contributed by atoms with Crippen LogP contribution in [0.5, 0.6) is 11.5 Å². The second-order valence-electron chi connectivity index (χ2n) is 4.54. The third-order valence-electron chi connectivity index (χ3n) is 2.81. The van der Waals surface area contributed by atoms with Gasteiger partial charge in [-0.1, -0.05) is 0 Å². The first-order chi connectivity index (χ1) is 10.4. The molecule has 0 aromatic heterocycles. The Labute approximate surface area is 127 Å². The fourth-order valence-electron chi connectivity index (χ4n) is 1.79. The minimum absolute atomic E-state index is 0.147. The lowest BCUT2D eigenvalue weighted by atomic mass is 10.1. The first kappa shape index (κ1) is 17.7. The monoisotopic (exact) mass is 313 g/mol. The normalized spacial score (nSPS) is 11.6. The van der Waals surface area contributed by atoms with Gasteiger partial charge in [-0.05, 0) is 13.0 Å². The highest BCUT2D eigenvalue weighted by molar-refractivity contribution is 5.65. The van der Waals surface area contributed by atoms with E-state index in [2.05, 4.69) is 0 Å². The summed E-state index contributed by atoms with van der Waals surface area (Å²) < 4.78 is 15.3. The maximum atomic E-state index is 11.1. The summed E-state index contributed by atoms with van der Waals surface area (Å²) in [4.78, 5) is 21.1. The van der Waals surface area contributed by atoms with Crippen molar-refractivity contribution in [3.05, 3.63) is 27.8 Å². The van der Waals surface area contributed by atoms with Crippen LogP contribution in [0, 0.1) is 10.1 Å². The lowest BCUT2D eigenvalue weighted by molar-refractivity contribution is -0.386. The molecule has 1 N–H and O–H groups in total. The molecule has 1 unspecified atom stereocenters. The van der Waals surface area contributed by atoms with Crippen LogP contribution in [0.2, 0.25) is 0 Å². The van der Waals surface area contributed by atoms with E-state index in [1.54, 1.807) is 0 Å². The molecule has 0 saturated carbocycles. The fraction of sp³-hybridized carbons (Fsp3) is 0.500. The van der Waals surface area contributed by atoms with Crippen LogP contribution in [-0.2, 0) is 9.53 Å². The van der Waals surface area contributed by atoms with Crippen LogP contribution in [0.4, 0.5) is 5.69 Å². The number of benzene rings is 1. The molecule has 0 saturated heterocycles. The lowest BCUT2D eigenvalue weighted by Crippen LogP contribution is -2.07. The molecule has 0 amide bonds. The number of carbonyl (C=O) groups is 1. The number of nitro groups is 1. The van der Waals surface area contributed by atoms with Gasteiger partial charge in [0.2, 0.25) is 0 Å². The summed E-state index contributed by atoms with van der Waals surface area (Å²) in [6, 6.07) is 2.59. The summed E-state index contributed by atoms with van der Waals surface area (Å²) in [5.74, 6) is 0.102. The topological polar surface area (TPSA) is 108 Å². The number of rotatable bonds is 8. The summed E-state index contributed by atoms with van der Waals surface area (Å²) in [6.45, 7) is 3.14. The molecule has 22 heavy (non-hydrogen) atoms. The van der Waals surface area contributed by atoms with Crippen molar-refractivity contribution in [2.45, 2.75) is 26.4 Å². The van der Waals surface area contributed by atoms with Gasteiger partial charge in [-0.25, -0.2) is 0 Å². The van der Waals surface area contributed by atoms with Gasteiger partial charge in [0.25, 0.3) is 5.69 Å². The van der Waals surface area contributed by atoms with E-state index in [9.17, 15) is 20.0 Å². The molecule has 1 aromatic carbocycles. The summed E-state index contributed by atoms with van der Waals surface area (Å²) in [7, 11) is 1.40. The van der Waals surface area contributed by atoms with Gasteiger partial charge >= 0.3 is 5.97 Å². The Kier molecular flexibility index (Phi) is 6.58. The van der Waals surface area contributed by atoms with Gasteiger partial charge in [0.1, 0.15) is 0 Å². The van der Waals surface area contributed by atoms with Crippen LogP contribution in [-0.4, -0.2) is 36.3 Å². The van der Waals surface area contributed by atoms with Crippen molar-refractivity contribution in [3.63, 3.8) is 0 Å². The molecule has 8 nitrogen and oxygen atoms in total. The zero-order chi connectivity index (χ0) is 16.7. The van der Waals surface area contributed by atoms with E-state index in [-0.39, 0.29) is 41.9 Å². The maximum Gasteiger partial charge on any atom is 0.302 e. The maximum absolute atomic E-state index is 11.1. The highest BCUT2D eigenvalue weighted by Gasteiger charge is 2.22.